The summed E-state index contributed by atoms with van der Waals surface area (Å²) in [5.41, 5.74) is 5.11. The van der Waals surface area contributed by atoms with Gasteiger partial charge in [-0.25, -0.2) is 4.79 Å². The molecule has 0 bridgehead atoms. The van der Waals surface area contributed by atoms with Crippen LogP contribution in [0.4, 0.5) is 10.5 Å². The molecule has 0 aliphatic carbocycles. The van der Waals surface area contributed by atoms with Crippen LogP contribution >= 0.6 is 0 Å². The number of hydrogen-bond donors (Lipinski definition) is 1. The van der Waals surface area contributed by atoms with Crippen LogP contribution in [0.3, 0.4) is 0 Å². The monoisotopic (exact) mass is 466 g/mol. The molecule has 3 aromatic carbocycles. The third-order valence-corrected chi connectivity index (χ3v) is 5.99. The van der Waals surface area contributed by atoms with Crippen LogP contribution in [-0.2, 0) is 0 Å². The lowest BCUT2D eigenvalue weighted by atomic mass is 9.94. The summed E-state index contributed by atoms with van der Waals surface area (Å²) in [5.74, 6) is 1.61. The van der Waals surface area contributed by atoms with Crippen LogP contribution in [-0.4, -0.2) is 22.8 Å². The Morgan fingerprint density at radius 3 is 2.37 bits per heavy atom. The number of aromatic nitrogens is 2. The molecule has 0 spiro atoms. The predicted molar refractivity (Wildman–Crippen MR) is 135 cm³/mol. The van der Waals surface area contributed by atoms with E-state index in [-0.39, 0.29) is 6.03 Å². The number of amides is 2. The number of urea groups is 1. The van der Waals surface area contributed by atoms with Crippen LogP contribution in [0.2, 0.25) is 0 Å². The third-order valence-electron chi connectivity index (χ3n) is 5.99. The molecule has 1 N–H and O–H groups in total. The van der Waals surface area contributed by atoms with Crippen molar-refractivity contribution in [2.24, 2.45) is 0 Å². The van der Waals surface area contributed by atoms with Gasteiger partial charge in [0.2, 0.25) is 5.82 Å². The van der Waals surface area contributed by atoms with Gasteiger partial charge in [-0.2, -0.15) is 4.98 Å². The summed E-state index contributed by atoms with van der Waals surface area (Å²) in [6.07, 6.45) is 0. The normalized spacial score (nSPS) is 15.8. The largest absolute Gasteiger partial charge is 0.494 e. The Bertz CT molecular complexity index is 1360. The van der Waals surface area contributed by atoms with Gasteiger partial charge in [0.1, 0.15) is 5.75 Å². The number of allylic oxidation sites excluding steroid dienone is 1. The Hall–Kier alpha value is -4.39. The molecule has 1 unspecified atom stereocenters. The Morgan fingerprint density at radius 2 is 1.69 bits per heavy atom. The topological polar surface area (TPSA) is 80.5 Å². The van der Waals surface area contributed by atoms with E-state index >= 15 is 0 Å². The summed E-state index contributed by atoms with van der Waals surface area (Å²) < 4.78 is 11.3. The minimum Gasteiger partial charge on any atom is -0.494 e. The molecule has 0 radical (unpaired) electrons. The highest BCUT2D eigenvalue weighted by molar-refractivity contribution is 6.01. The molecule has 4 aromatic rings. The fraction of sp³-hybridized carbons (Fsp3) is 0.179. The second kappa shape index (κ2) is 9.46. The lowest BCUT2D eigenvalue weighted by Crippen LogP contribution is -2.46. The van der Waals surface area contributed by atoms with Crippen LogP contribution in [0.5, 0.6) is 5.75 Å². The molecular formula is C28H26N4O3. The van der Waals surface area contributed by atoms with Crippen molar-refractivity contribution < 1.29 is 14.1 Å². The number of benzene rings is 3. The van der Waals surface area contributed by atoms with E-state index in [1.165, 1.54) is 0 Å². The number of carbonyl (C=O) groups excluding carboxylic acids is 1. The van der Waals surface area contributed by atoms with Crippen LogP contribution in [0.25, 0.3) is 17.0 Å². The Kier molecular flexibility index (Phi) is 6.06. The second-order valence-corrected chi connectivity index (χ2v) is 8.34. The van der Waals surface area contributed by atoms with Crippen molar-refractivity contribution in [3.8, 4) is 17.1 Å². The molecule has 5 rings (SSSR count). The highest BCUT2D eigenvalue weighted by Crippen LogP contribution is 2.39. The first-order valence-electron chi connectivity index (χ1n) is 11.6. The smallest absolute Gasteiger partial charge is 0.326 e. The van der Waals surface area contributed by atoms with E-state index in [0.717, 1.165) is 39.4 Å². The summed E-state index contributed by atoms with van der Waals surface area (Å²) in [6.45, 7) is 6.47. The summed E-state index contributed by atoms with van der Waals surface area (Å²) in [7, 11) is 0. The first-order chi connectivity index (χ1) is 17.0. The summed E-state index contributed by atoms with van der Waals surface area (Å²) >= 11 is 0. The number of nitrogens with one attached hydrogen (secondary N) is 1. The minimum absolute atomic E-state index is 0.213. The van der Waals surface area contributed by atoms with Crippen molar-refractivity contribution in [3.63, 3.8) is 0 Å². The number of hydrogen-bond acceptors (Lipinski definition) is 5. The molecule has 1 aromatic heterocycles. The quantitative estimate of drug-likeness (QED) is 0.369. The van der Waals surface area contributed by atoms with Crippen LogP contribution in [0.1, 0.15) is 36.9 Å². The Labute approximate surface area is 204 Å². The van der Waals surface area contributed by atoms with Crippen LogP contribution in [0.15, 0.2) is 89.1 Å². The van der Waals surface area contributed by atoms with E-state index in [0.29, 0.717) is 18.3 Å². The predicted octanol–water partition coefficient (Wildman–Crippen LogP) is 6.15. The molecule has 2 amide bonds. The van der Waals surface area contributed by atoms with Crippen molar-refractivity contribution in [2.45, 2.75) is 26.8 Å². The molecule has 7 heteroatoms. The SMILES string of the molecule is CCOc1ccc(-c2noc(C3=C(C)N(c4ccc(C)cc4)C(=O)NC3c3ccccc3)n2)cc1. The van der Waals surface area contributed by atoms with E-state index in [1.807, 2.05) is 99.6 Å². The minimum atomic E-state index is -0.431. The second-order valence-electron chi connectivity index (χ2n) is 8.34. The average molecular weight is 467 g/mol. The van der Waals surface area contributed by atoms with E-state index in [2.05, 4.69) is 10.5 Å². The molecule has 0 saturated heterocycles. The van der Waals surface area contributed by atoms with Crippen molar-refractivity contribution >= 4 is 17.3 Å². The standard InChI is InChI=1S/C28H26N4O3/c1-4-34-23-16-12-21(13-17-23)26-30-27(35-31-26)24-19(3)32(22-14-10-18(2)11-15-22)28(33)29-25(24)20-8-6-5-7-9-20/h5-17,25H,4H2,1-3H3,(H,29,33). The number of nitrogens with zero attached hydrogens (tertiary/aromatic N) is 3. The molecule has 1 aliphatic rings. The highest BCUT2D eigenvalue weighted by atomic mass is 16.5. The molecule has 35 heavy (non-hydrogen) atoms. The van der Waals surface area contributed by atoms with Gasteiger partial charge in [0.15, 0.2) is 0 Å². The molecule has 1 aliphatic heterocycles. The molecule has 176 valence electrons. The van der Waals surface area contributed by atoms with Gasteiger partial charge in [0.05, 0.1) is 23.9 Å². The maximum absolute atomic E-state index is 13.3. The number of anilines is 1. The van der Waals surface area contributed by atoms with E-state index in [9.17, 15) is 4.79 Å². The number of ether oxygens (including phenoxy) is 1. The maximum atomic E-state index is 13.3. The zero-order valence-electron chi connectivity index (χ0n) is 19.9. The zero-order valence-corrected chi connectivity index (χ0v) is 19.9. The zero-order chi connectivity index (χ0) is 24.4. The molecule has 0 fully saturated rings. The van der Waals surface area contributed by atoms with Crippen LogP contribution in [0, 0.1) is 6.92 Å². The summed E-state index contributed by atoms with van der Waals surface area (Å²) in [6, 6.07) is 24.5. The third kappa shape index (κ3) is 4.40. The number of rotatable bonds is 6. The Morgan fingerprint density at radius 1 is 0.971 bits per heavy atom. The van der Waals surface area contributed by atoms with Gasteiger partial charge in [-0.05, 0) is 62.7 Å². The maximum Gasteiger partial charge on any atom is 0.326 e. The molecule has 1 atom stereocenters. The first kappa shape index (κ1) is 22.4. The van der Waals surface area contributed by atoms with Crippen LogP contribution < -0.4 is 15.0 Å². The van der Waals surface area contributed by atoms with Gasteiger partial charge in [0.25, 0.3) is 5.89 Å². The summed E-state index contributed by atoms with van der Waals surface area (Å²) in [5, 5.41) is 7.37. The van der Waals surface area contributed by atoms with E-state index in [1.54, 1.807) is 4.90 Å². The van der Waals surface area contributed by atoms with Crippen molar-refractivity contribution in [1.29, 1.82) is 0 Å². The van der Waals surface area contributed by atoms with E-state index < -0.39 is 6.04 Å². The summed E-state index contributed by atoms with van der Waals surface area (Å²) in [4.78, 5) is 19.6. The molecule has 0 saturated carbocycles. The van der Waals surface area contributed by atoms with E-state index in [4.69, 9.17) is 14.2 Å². The van der Waals surface area contributed by atoms with Gasteiger partial charge < -0.3 is 14.6 Å². The number of aryl methyl sites for hydroxylation is 1. The molecule has 7 nitrogen and oxygen atoms in total. The fourth-order valence-corrected chi connectivity index (χ4v) is 4.24. The average Bonchev–Trinajstić information content (AvgIpc) is 3.36. The van der Waals surface area contributed by atoms with Gasteiger partial charge in [-0.15, -0.1) is 0 Å². The lowest BCUT2D eigenvalue weighted by molar-refractivity contribution is 0.244. The molecular weight excluding hydrogens is 440 g/mol. The molecule has 2 heterocycles. The van der Waals surface area contributed by atoms with Crippen molar-refractivity contribution in [2.75, 3.05) is 11.5 Å². The van der Waals surface area contributed by atoms with Gasteiger partial charge in [0, 0.05) is 11.3 Å². The van der Waals surface area contributed by atoms with Crippen molar-refractivity contribution in [3.05, 3.63) is 102 Å². The highest BCUT2D eigenvalue weighted by Gasteiger charge is 2.36. The fourth-order valence-electron chi connectivity index (χ4n) is 4.24. The lowest BCUT2D eigenvalue weighted by Gasteiger charge is -2.35. The van der Waals surface area contributed by atoms with Gasteiger partial charge >= 0.3 is 6.03 Å². The van der Waals surface area contributed by atoms with Gasteiger partial charge in [-0.3, -0.25) is 4.90 Å². The van der Waals surface area contributed by atoms with Gasteiger partial charge in [-0.1, -0.05) is 53.2 Å². The number of carbonyl (C=O) groups is 1. The first-order valence-corrected chi connectivity index (χ1v) is 11.6. The van der Waals surface area contributed by atoms with Crippen molar-refractivity contribution in [1.82, 2.24) is 15.5 Å². The Balaban J connectivity index is 1.59.